The van der Waals surface area contributed by atoms with Gasteiger partial charge >= 0.3 is 6.43 Å². The highest BCUT2D eigenvalue weighted by atomic mass is 19.3. The van der Waals surface area contributed by atoms with Crippen LogP contribution in [0.4, 0.5) is 14.5 Å². The number of rotatable bonds is 7. The number of carbonyl (C=O) groups is 1. The van der Waals surface area contributed by atoms with E-state index in [4.69, 9.17) is 4.42 Å². The van der Waals surface area contributed by atoms with Crippen molar-refractivity contribution in [1.82, 2.24) is 20.5 Å². The third kappa shape index (κ3) is 4.67. The molecule has 1 aliphatic heterocycles. The molecule has 1 N–H and O–H groups in total. The molecule has 0 amide bonds. The molecule has 3 heterocycles. The number of alkyl halides is 2. The number of aromatic nitrogens is 3. The van der Waals surface area contributed by atoms with Crippen LogP contribution >= 0.6 is 0 Å². The number of hydrogen-bond donors (Lipinski definition) is 1. The largest absolute Gasteiger partial charge is 0.415 e. The smallest absolute Gasteiger partial charge is 0.314 e. The number of benzene rings is 1. The normalized spacial score (nSPS) is 14.7. The van der Waals surface area contributed by atoms with Gasteiger partial charge in [0.25, 0.3) is 5.89 Å². The third-order valence-electron chi connectivity index (χ3n) is 5.70. The number of aldehydes is 1. The summed E-state index contributed by atoms with van der Waals surface area (Å²) in [6, 6.07) is 9.52. The van der Waals surface area contributed by atoms with Crippen molar-refractivity contribution < 1.29 is 18.0 Å². The van der Waals surface area contributed by atoms with E-state index in [0.717, 1.165) is 49.4 Å². The fraction of sp³-hybridized carbons (Fsp3) is 0.391. The Morgan fingerprint density at radius 2 is 1.97 bits per heavy atom. The average molecular weight is 441 g/mol. The van der Waals surface area contributed by atoms with E-state index < -0.39 is 12.3 Å². The monoisotopic (exact) mass is 441 g/mol. The Hall–Kier alpha value is -3.20. The summed E-state index contributed by atoms with van der Waals surface area (Å²) in [6.45, 7) is 7.88. The van der Waals surface area contributed by atoms with E-state index in [1.807, 2.05) is 18.2 Å². The first-order chi connectivity index (χ1) is 15.4. The molecule has 168 valence electrons. The van der Waals surface area contributed by atoms with Gasteiger partial charge in [-0.05, 0) is 47.7 Å². The molecule has 0 aliphatic carbocycles. The number of pyridine rings is 1. The summed E-state index contributed by atoms with van der Waals surface area (Å²) in [5, 5.41) is 10.3. The highest BCUT2D eigenvalue weighted by molar-refractivity contribution is 5.79. The van der Waals surface area contributed by atoms with Crippen LogP contribution in [-0.2, 0) is 11.8 Å². The Bertz CT molecular complexity index is 1080. The number of halogens is 2. The van der Waals surface area contributed by atoms with E-state index >= 15 is 0 Å². The molecule has 4 rings (SSSR count). The highest BCUT2D eigenvalue weighted by Crippen LogP contribution is 2.33. The van der Waals surface area contributed by atoms with Crippen molar-refractivity contribution >= 4 is 12.0 Å². The molecule has 1 aromatic carbocycles. The van der Waals surface area contributed by atoms with Crippen LogP contribution in [0.25, 0.3) is 11.5 Å². The maximum absolute atomic E-state index is 12.7. The lowest BCUT2D eigenvalue weighted by atomic mass is 9.78. The minimum Gasteiger partial charge on any atom is -0.415 e. The second-order valence-corrected chi connectivity index (χ2v) is 8.47. The van der Waals surface area contributed by atoms with Crippen molar-refractivity contribution in [3.63, 3.8) is 0 Å². The summed E-state index contributed by atoms with van der Waals surface area (Å²) in [5.74, 6) is -0.707. The third-order valence-corrected chi connectivity index (χ3v) is 5.70. The van der Waals surface area contributed by atoms with Gasteiger partial charge in [0, 0.05) is 49.3 Å². The molecule has 0 unspecified atom stereocenters. The fourth-order valence-corrected chi connectivity index (χ4v) is 4.00. The molecule has 0 bridgehead atoms. The molecule has 9 heteroatoms. The first-order valence-corrected chi connectivity index (χ1v) is 10.5. The Morgan fingerprint density at radius 3 is 2.59 bits per heavy atom. The van der Waals surface area contributed by atoms with E-state index in [9.17, 15) is 13.6 Å². The molecule has 3 aromatic rings. The summed E-state index contributed by atoms with van der Waals surface area (Å²) < 4.78 is 30.3. The summed E-state index contributed by atoms with van der Waals surface area (Å²) in [6.07, 6.45) is 0.205. The second kappa shape index (κ2) is 9.12. The minimum absolute atomic E-state index is 0.00516. The van der Waals surface area contributed by atoms with Crippen molar-refractivity contribution in [2.24, 2.45) is 0 Å². The van der Waals surface area contributed by atoms with Crippen LogP contribution in [0, 0.1) is 0 Å². The Balaban J connectivity index is 1.56. The Labute approximate surface area is 184 Å². The van der Waals surface area contributed by atoms with Gasteiger partial charge in [-0.1, -0.05) is 13.8 Å². The molecule has 7 nitrogen and oxygen atoms in total. The fourth-order valence-electron chi connectivity index (χ4n) is 4.00. The van der Waals surface area contributed by atoms with Crippen molar-refractivity contribution in [3.8, 4) is 11.5 Å². The van der Waals surface area contributed by atoms with Gasteiger partial charge in [0.05, 0.1) is 5.56 Å². The SMILES string of the molecule is CC(C)(Cc1ccc(-c2nnc(C(F)F)o2)cn1)c1cc(N2CCNCC2)ccc1C=O. The van der Waals surface area contributed by atoms with Gasteiger partial charge < -0.3 is 14.6 Å². The number of anilines is 1. The number of nitrogens with zero attached hydrogens (tertiary/aromatic N) is 4. The first-order valence-electron chi connectivity index (χ1n) is 10.5. The number of carbonyl (C=O) groups excluding carboxylic acids is 1. The molecule has 0 spiro atoms. The second-order valence-electron chi connectivity index (χ2n) is 8.47. The van der Waals surface area contributed by atoms with Gasteiger partial charge in [-0.15, -0.1) is 10.2 Å². The van der Waals surface area contributed by atoms with E-state index in [2.05, 4.69) is 45.3 Å². The van der Waals surface area contributed by atoms with Crippen LogP contribution in [0.5, 0.6) is 0 Å². The van der Waals surface area contributed by atoms with Gasteiger partial charge in [-0.2, -0.15) is 8.78 Å². The summed E-state index contributed by atoms with van der Waals surface area (Å²) in [7, 11) is 0. The molecule has 32 heavy (non-hydrogen) atoms. The van der Waals surface area contributed by atoms with E-state index in [1.165, 1.54) is 6.20 Å². The van der Waals surface area contributed by atoms with E-state index in [0.29, 0.717) is 17.5 Å². The molecule has 1 saturated heterocycles. The molecule has 0 saturated carbocycles. The quantitative estimate of drug-likeness (QED) is 0.558. The lowest BCUT2D eigenvalue weighted by molar-refractivity contribution is 0.112. The average Bonchev–Trinajstić information content (AvgIpc) is 3.30. The molecule has 2 aromatic heterocycles. The van der Waals surface area contributed by atoms with E-state index in [-0.39, 0.29) is 11.3 Å². The van der Waals surface area contributed by atoms with Crippen LogP contribution < -0.4 is 10.2 Å². The standard InChI is InChI=1S/C23H25F2N5O2/c1-23(2,19-11-18(6-4-16(19)14-31)30-9-7-26-8-10-30)12-17-5-3-15(13-27-17)21-28-29-22(32-21)20(24)25/h3-6,11,13-14,20,26H,7-10,12H2,1-2H3. The maximum Gasteiger partial charge on any atom is 0.314 e. The molecule has 1 fully saturated rings. The Kier molecular flexibility index (Phi) is 6.27. The predicted molar refractivity (Wildman–Crippen MR) is 116 cm³/mol. The summed E-state index contributed by atoms with van der Waals surface area (Å²) in [5.41, 5.74) is 3.65. The maximum atomic E-state index is 12.7. The molecule has 0 radical (unpaired) electrons. The van der Waals surface area contributed by atoms with Gasteiger partial charge in [0.1, 0.15) is 6.29 Å². The van der Waals surface area contributed by atoms with Gasteiger partial charge in [-0.25, -0.2) is 0 Å². The van der Waals surface area contributed by atoms with Crippen molar-refractivity contribution in [3.05, 3.63) is 59.2 Å². The Morgan fingerprint density at radius 1 is 1.19 bits per heavy atom. The molecule has 1 aliphatic rings. The first kappa shape index (κ1) is 22.0. The number of piperazine rings is 1. The number of nitrogens with one attached hydrogen (secondary N) is 1. The zero-order valence-corrected chi connectivity index (χ0v) is 18.0. The number of hydrogen-bond acceptors (Lipinski definition) is 7. The minimum atomic E-state index is -2.81. The summed E-state index contributed by atoms with van der Waals surface area (Å²) in [4.78, 5) is 18.5. The highest BCUT2D eigenvalue weighted by Gasteiger charge is 2.26. The lowest BCUT2D eigenvalue weighted by Crippen LogP contribution is -2.43. The molecular formula is C23H25F2N5O2. The van der Waals surface area contributed by atoms with Crippen LogP contribution in [-0.4, -0.2) is 47.6 Å². The summed E-state index contributed by atoms with van der Waals surface area (Å²) >= 11 is 0. The van der Waals surface area contributed by atoms with E-state index in [1.54, 1.807) is 6.07 Å². The predicted octanol–water partition coefficient (Wildman–Crippen LogP) is 3.81. The van der Waals surface area contributed by atoms with Crippen molar-refractivity contribution in [2.75, 3.05) is 31.1 Å². The zero-order valence-electron chi connectivity index (χ0n) is 18.0. The molecule has 0 atom stereocenters. The molecular weight excluding hydrogens is 416 g/mol. The van der Waals surface area contributed by atoms with Crippen LogP contribution in [0.1, 0.15) is 47.8 Å². The van der Waals surface area contributed by atoms with Crippen LogP contribution in [0.3, 0.4) is 0 Å². The lowest BCUT2D eigenvalue weighted by Gasteiger charge is -2.32. The van der Waals surface area contributed by atoms with Gasteiger partial charge in [0.2, 0.25) is 5.89 Å². The van der Waals surface area contributed by atoms with Crippen molar-refractivity contribution in [1.29, 1.82) is 0 Å². The zero-order chi connectivity index (χ0) is 22.7. The van der Waals surface area contributed by atoms with Crippen LogP contribution in [0.2, 0.25) is 0 Å². The van der Waals surface area contributed by atoms with Gasteiger partial charge in [-0.3, -0.25) is 9.78 Å². The van der Waals surface area contributed by atoms with Crippen molar-refractivity contribution in [2.45, 2.75) is 32.1 Å². The van der Waals surface area contributed by atoms with Gasteiger partial charge in [0.15, 0.2) is 0 Å². The van der Waals surface area contributed by atoms with Crippen LogP contribution in [0.15, 0.2) is 40.9 Å². The topological polar surface area (TPSA) is 84.2 Å².